The van der Waals surface area contributed by atoms with Gasteiger partial charge in [0.25, 0.3) is 0 Å². The highest BCUT2D eigenvalue weighted by Gasteiger charge is 1.97. The average Bonchev–Trinajstić information content (AvgIpc) is 2.45. The lowest BCUT2D eigenvalue weighted by Gasteiger charge is -2.06. The van der Waals surface area contributed by atoms with Crippen molar-refractivity contribution in [2.45, 2.75) is 6.61 Å². The van der Waals surface area contributed by atoms with Crippen molar-refractivity contribution in [3.8, 4) is 5.75 Å². The molecule has 0 atom stereocenters. The van der Waals surface area contributed by atoms with Gasteiger partial charge in [0.2, 0.25) is 6.20 Å². The molecule has 0 bridgehead atoms. The maximum atomic E-state index is 12.7. The number of rotatable bonds is 5. The summed E-state index contributed by atoms with van der Waals surface area (Å²) >= 11 is 0. The van der Waals surface area contributed by atoms with Crippen LogP contribution in [0.15, 0.2) is 54.7 Å². The van der Waals surface area contributed by atoms with Gasteiger partial charge in [0.1, 0.15) is 18.2 Å². The molecule has 0 aliphatic heterocycles. The molecular weight excluding hydrogens is 261 g/mol. The van der Waals surface area contributed by atoms with Gasteiger partial charge in [-0.2, -0.15) is 0 Å². The first-order chi connectivity index (χ1) is 9.63. The minimum absolute atomic E-state index is 0.282. The zero-order valence-electron chi connectivity index (χ0n) is 10.5. The Balaban J connectivity index is 1.93. The summed E-state index contributed by atoms with van der Waals surface area (Å²) < 4.78 is 18.3. The first kappa shape index (κ1) is 13.7. The van der Waals surface area contributed by atoms with Gasteiger partial charge >= 0.3 is 0 Å². The smallest absolute Gasteiger partial charge is 0.235 e. The summed E-state index contributed by atoms with van der Waals surface area (Å²) in [7, 11) is 0. The van der Waals surface area contributed by atoms with E-state index in [0.717, 1.165) is 17.3 Å². The van der Waals surface area contributed by atoms with Gasteiger partial charge in [-0.15, -0.1) is 0 Å². The van der Waals surface area contributed by atoms with E-state index >= 15 is 0 Å². The molecule has 0 N–H and O–H groups in total. The summed E-state index contributed by atoms with van der Waals surface area (Å²) in [5.41, 5.74) is 1.58. The Morgan fingerprint density at radius 3 is 2.35 bits per heavy atom. The van der Waals surface area contributed by atoms with Crippen LogP contribution >= 0.6 is 0 Å². The standard InChI is InChI=1S/C15H12FNO3/c16-14-5-1-13(2-6-14)11-20-15-7-3-12(4-8-15)9-10-17(18)19/h1-10H,11H2. The zero-order chi connectivity index (χ0) is 14.4. The van der Waals surface area contributed by atoms with Gasteiger partial charge < -0.3 is 4.74 Å². The number of benzene rings is 2. The first-order valence-electron chi connectivity index (χ1n) is 5.92. The van der Waals surface area contributed by atoms with E-state index in [1.807, 2.05) is 0 Å². The summed E-state index contributed by atoms with van der Waals surface area (Å²) in [6.07, 6.45) is 2.29. The van der Waals surface area contributed by atoms with Crippen LogP contribution in [0.5, 0.6) is 5.75 Å². The Bertz CT molecular complexity index is 606. The van der Waals surface area contributed by atoms with Crippen LogP contribution in [0.1, 0.15) is 11.1 Å². The highest BCUT2D eigenvalue weighted by Crippen LogP contribution is 2.15. The Labute approximate surface area is 115 Å². The van der Waals surface area contributed by atoms with Crippen LogP contribution in [0.3, 0.4) is 0 Å². The van der Waals surface area contributed by atoms with Crippen LogP contribution < -0.4 is 4.74 Å². The van der Waals surface area contributed by atoms with E-state index in [0.29, 0.717) is 12.4 Å². The van der Waals surface area contributed by atoms with E-state index in [1.165, 1.54) is 18.2 Å². The summed E-state index contributed by atoms with van der Waals surface area (Å²) in [4.78, 5) is 9.68. The van der Waals surface area contributed by atoms with E-state index in [9.17, 15) is 14.5 Å². The fraction of sp³-hybridized carbons (Fsp3) is 0.0667. The van der Waals surface area contributed by atoms with Crippen molar-refractivity contribution < 1.29 is 14.1 Å². The Hall–Kier alpha value is -2.69. The molecule has 0 amide bonds. The van der Waals surface area contributed by atoms with Crippen molar-refractivity contribution in [1.82, 2.24) is 0 Å². The molecule has 2 aromatic rings. The molecule has 0 unspecified atom stereocenters. The van der Waals surface area contributed by atoms with Crippen LogP contribution in [0.25, 0.3) is 6.08 Å². The van der Waals surface area contributed by atoms with Crippen molar-refractivity contribution in [2.24, 2.45) is 0 Å². The normalized spacial score (nSPS) is 10.7. The van der Waals surface area contributed by atoms with Gasteiger partial charge in [-0.05, 0) is 35.4 Å². The Kier molecular flexibility index (Phi) is 4.44. The lowest BCUT2D eigenvalue weighted by Crippen LogP contribution is -1.95. The zero-order valence-corrected chi connectivity index (χ0v) is 10.5. The highest BCUT2D eigenvalue weighted by atomic mass is 19.1. The van der Waals surface area contributed by atoms with Crippen LogP contribution in [0, 0.1) is 15.9 Å². The molecule has 20 heavy (non-hydrogen) atoms. The number of ether oxygens (including phenoxy) is 1. The van der Waals surface area contributed by atoms with Crippen molar-refractivity contribution >= 4 is 6.08 Å². The monoisotopic (exact) mass is 273 g/mol. The van der Waals surface area contributed by atoms with Crippen molar-refractivity contribution in [1.29, 1.82) is 0 Å². The second-order valence-corrected chi connectivity index (χ2v) is 4.09. The largest absolute Gasteiger partial charge is 0.489 e. The minimum Gasteiger partial charge on any atom is -0.489 e. The third kappa shape index (κ3) is 4.20. The fourth-order valence-corrected chi connectivity index (χ4v) is 1.57. The Morgan fingerprint density at radius 1 is 1.10 bits per heavy atom. The molecule has 0 aliphatic carbocycles. The molecule has 0 fully saturated rings. The predicted molar refractivity (Wildman–Crippen MR) is 73.2 cm³/mol. The average molecular weight is 273 g/mol. The van der Waals surface area contributed by atoms with Gasteiger partial charge in [-0.1, -0.05) is 24.3 Å². The summed E-state index contributed by atoms with van der Waals surface area (Å²) in [6.45, 7) is 0.338. The fourth-order valence-electron chi connectivity index (χ4n) is 1.57. The van der Waals surface area contributed by atoms with E-state index in [4.69, 9.17) is 4.74 Å². The number of halogens is 1. The van der Waals surface area contributed by atoms with Crippen LogP contribution in [-0.2, 0) is 6.61 Å². The molecular formula is C15H12FNO3. The first-order valence-corrected chi connectivity index (χ1v) is 5.92. The van der Waals surface area contributed by atoms with Crippen molar-refractivity contribution in [2.75, 3.05) is 0 Å². The third-order valence-electron chi connectivity index (χ3n) is 2.59. The van der Waals surface area contributed by atoms with Gasteiger partial charge in [0.15, 0.2) is 0 Å². The topological polar surface area (TPSA) is 52.4 Å². The predicted octanol–water partition coefficient (Wildman–Crippen LogP) is 3.65. The molecule has 0 saturated carbocycles. The molecule has 0 aliphatic rings. The molecule has 2 rings (SSSR count). The SMILES string of the molecule is O=[N+]([O-])C=Cc1ccc(OCc2ccc(F)cc2)cc1. The quantitative estimate of drug-likeness (QED) is 0.617. The van der Waals surface area contributed by atoms with Crippen LogP contribution in [-0.4, -0.2) is 4.92 Å². The number of nitrogens with zero attached hydrogens (tertiary/aromatic N) is 1. The van der Waals surface area contributed by atoms with Crippen LogP contribution in [0.2, 0.25) is 0 Å². The lowest BCUT2D eigenvalue weighted by atomic mass is 10.2. The molecule has 0 spiro atoms. The van der Waals surface area contributed by atoms with Gasteiger partial charge in [-0.25, -0.2) is 4.39 Å². The third-order valence-corrected chi connectivity index (χ3v) is 2.59. The minimum atomic E-state index is -0.515. The summed E-state index contributed by atoms with van der Waals surface area (Å²) in [5, 5.41) is 10.2. The molecule has 102 valence electrons. The lowest BCUT2D eigenvalue weighted by molar-refractivity contribution is -0.400. The molecule has 0 heterocycles. The van der Waals surface area contributed by atoms with E-state index in [2.05, 4.69) is 0 Å². The molecule has 4 nitrogen and oxygen atoms in total. The van der Waals surface area contributed by atoms with E-state index in [1.54, 1.807) is 36.4 Å². The van der Waals surface area contributed by atoms with Gasteiger partial charge in [0.05, 0.1) is 4.92 Å². The molecule has 0 saturated heterocycles. The maximum absolute atomic E-state index is 12.7. The van der Waals surface area contributed by atoms with Gasteiger partial charge in [-0.3, -0.25) is 10.1 Å². The summed E-state index contributed by atoms with van der Waals surface area (Å²) in [5.74, 6) is 0.364. The second-order valence-electron chi connectivity index (χ2n) is 4.09. The molecule has 5 heteroatoms. The Morgan fingerprint density at radius 2 is 1.75 bits per heavy atom. The number of hydrogen-bond donors (Lipinski definition) is 0. The van der Waals surface area contributed by atoms with E-state index in [-0.39, 0.29) is 5.82 Å². The van der Waals surface area contributed by atoms with Gasteiger partial charge in [0, 0.05) is 6.08 Å². The summed E-state index contributed by atoms with van der Waals surface area (Å²) in [6, 6.07) is 13.0. The van der Waals surface area contributed by atoms with E-state index < -0.39 is 4.92 Å². The number of hydrogen-bond acceptors (Lipinski definition) is 3. The highest BCUT2D eigenvalue weighted by molar-refractivity contribution is 5.49. The number of nitro groups is 1. The maximum Gasteiger partial charge on any atom is 0.235 e. The van der Waals surface area contributed by atoms with Crippen LogP contribution in [0.4, 0.5) is 4.39 Å². The second kappa shape index (κ2) is 6.47. The molecule has 2 aromatic carbocycles. The molecule has 0 aromatic heterocycles. The molecule has 0 radical (unpaired) electrons. The van der Waals surface area contributed by atoms with Crippen molar-refractivity contribution in [3.05, 3.63) is 81.8 Å². The van der Waals surface area contributed by atoms with Crippen molar-refractivity contribution in [3.63, 3.8) is 0 Å².